The lowest BCUT2D eigenvalue weighted by Gasteiger charge is -2.07. The van der Waals surface area contributed by atoms with Gasteiger partial charge in [0.15, 0.2) is 0 Å². The van der Waals surface area contributed by atoms with E-state index in [9.17, 15) is 13.5 Å². The molecule has 0 spiro atoms. The zero-order valence-corrected chi connectivity index (χ0v) is 12.9. The number of nitrogen functional groups attached to an aromatic ring is 1. The number of halogens is 1. The zero-order chi connectivity index (χ0) is 14.9. The first-order valence-corrected chi connectivity index (χ1v) is 8.30. The SMILES string of the molecule is Cc1cc(S(=O)(=O)NCc2cc(N)ccc2O)sc1Cl. The Balaban J connectivity index is 2.19. The van der Waals surface area contributed by atoms with Gasteiger partial charge in [0.25, 0.3) is 0 Å². The molecule has 0 aliphatic rings. The van der Waals surface area contributed by atoms with Gasteiger partial charge in [-0.1, -0.05) is 11.6 Å². The van der Waals surface area contributed by atoms with E-state index in [0.29, 0.717) is 21.2 Å². The normalized spacial score (nSPS) is 11.7. The molecule has 0 atom stereocenters. The van der Waals surface area contributed by atoms with E-state index in [1.807, 2.05) is 0 Å². The molecule has 0 saturated carbocycles. The molecule has 1 aromatic heterocycles. The number of phenols is 1. The Morgan fingerprint density at radius 3 is 2.70 bits per heavy atom. The number of rotatable bonds is 4. The lowest BCUT2D eigenvalue weighted by molar-refractivity contribution is 0.467. The van der Waals surface area contributed by atoms with Gasteiger partial charge in [0, 0.05) is 17.8 Å². The maximum absolute atomic E-state index is 12.1. The second kappa shape index (κ2) is 5.61. The van der Waals surface area contributed by atoms with Crippen molar-refractivity contribution < 1.29 is 13.5 Å². The Labute approximate surface area is 126 Å². The third kappa shape index (κ3) is 3.24. The Kier molecular flexibility index (Phi) is 4.24. The average Bonchev–Trinajstić information content (AvgIpc) is 2.72. The van der Waals surface area contributed by atoms with Gasteiger partial charge in [-0.05, 0) is 36.8 Å². The third-order valence-corrected chi connectivity index (χ3v) is 6.09. The number of thiophene rings is 1. The number of benzene rings is 1. The van der Waals surface area contributed by atoms with Crippen LogP contribution in [0.25, 0.3) is 0 Å². The Morgan fingerprint density at radius 1 is 1.40 bits per heavy atom. The van der Waals surface area contributed by atoms with Crippen LogP contribution < -0.4 is 10.5 Å². The molecule has 1 aromatic carbocycles. The van der Waals surface area contributed by atoms with Crippen molar-refractivity contribution in [2.45, 2.75) is 17.7 Å². The zero-order valence-electron chi connectivity index (χ0n) is 10.6. The maximum Gasteiger partial charge on any atom is 0.250 e. The summed E-state index contributed by atoms with van der Waals surface area (Å²) in [6.45, 7) is 1.69. The molecule has 0 fully saturated rings. The van der Waals surface area contributed by atoms with Crippen LogP contribution in [0.15, 0.2) is 28.5 Å². The molecule has 0 saturated heterocycles. The van der Waals surface area contributed by atoms with Crippen molar-refractivity contribution in [1.29, 1.82) is 0 Å². The molecular weight excluding hydrogens is 320 g/mol. The van der Waals surface area contributed by atoms with Crippen LogP contribution in [0.4, 0.5) is 5.69 Å². The molecule has 0 radical (unpaired) electrons. The van der Waals surface area contributed by atoms with E-state index < -0.39 is 10.0 Å². The van der Waals surface area contributed by atoms with Gasteiger partial charge in [-0.15, -0.1) is 11.3 Å². The molecule has 0 bridgehead atoms. The second-order valence-electron chi connectivity index (χ2n) is 4.23. The lowest BCUT2D eigenvalue weighted by Crippen LogP contribution is -2.22. The van der Waals surface area contributed by atoms with Gasteiger partial charge >= 0.3 is 0 Å². The van der Waals surface area contributed by atoms with E-state index in [1.54, 1.807) is 6.92 Å². The summed E-state index contributed by atoms with van der Waals surface area (Å²) < 4.78 is 27.2. The summed E-state index contributed by atoms with van der Waals surface area (Å²) in [5.41, 5.74) is 7.17. The molecule has 20 heavy (non-hydrogen) atoms. The molecule has 4 N–H and O–H groups in total. The maximum atomic E-state index is 12.1. The highest BCUT2D eigenvalue weighted by molar-refractivity contribution is 7.91. The first kappa shape index (κ1) is 15.1. The molecule has 5 nitrogen and oxygen atoms in total. The average molecular weight is 333 g/mol. The smallest absolute Gasteiger partial charge is 0.250 e. The Bertz CT molecular complexity index is 722. The minimum absolute atomic E-state index is 0.0118. The van der Waals surface area contributed by atoms with Crippen molar-refractivity contribution >= 4 is 38.6 Å². The van der Waals surface area contributed by atoms with Crippen LogP contribution in [0.5, 0.6) is 5.75 Å². The van der Waals surface area contributed by atoms with E-state index in [1.165, 1.54) is 24.3 Å². The number of anilines is 1. The Hall–Kier alpha value is -1.28. The molecule has 108 valence electrons. The predicted octanol–water partition coefficient (Wildman–Crippen LogP) is 2.48. The number of hydrogen-bond donors (Lipinski definition) is 3. The summed E-state index contributed by atoms with van der Waals surface area (Å²) in [5.74, 6) is -0.0118. The van der Waals surface area contributed by atoms with Crippen molar-refractivity contribution in [3.05, 3.63) is 39.7 Å². The standard InChI is InChI=1S/C12H13ClN2O3S2/c1-7-4-11(19-12(7)13)20(17,18)15-6-8-5-9(14)2-3-10(8)16/h2-5,15-16H,6,14H2,1H3. The molecule has 0 unspecified atom stereocenters. The van der Waals surface area contributed by atoms with Crippen LogP contribution in [0.3, 0.4) is 0 Å². The monoisotopic (exact) mass is 332 g/mol. The predicted molar refractivity (Wildman–Crippen MR) is 80.6 cm³/mol. The van der Waals surface area contributed by atoms with Crippen molar-refractivity contribution in [1.82, 2.24) is 4.72 Å². The summed E-state index contributed by atoms with van der Waals surface area (Å²) in [5, 5.41) is 9.64. The molecule has 2 rings (SSSR count). The van der Waals surface area contributed by atoms with Crippen molar-refractivity contribution in [3.8, 4) is 5.75 Å². The number of aryl methyl sites for hydroxylation is 1. The highest BCUT2D eigenvalue weighted by Gasteiger charge is 2.18. The van der Waals surface area contributed by atoms with Gasteiger partial charge in [-0.2, -0.15) is 0 Å². The molecule has 0 amide bonds. The summed E-state index contributed by atoms with van der Waals surface area (Å²) in [4.78, 5) is 0. The fourth-order valence-corrected chi connectivity index (χ4v) is 4.31. The number of nitrogens with two attached hydrogens (primary N) is 1. The fraction of sp³-hybridized carbons (Fsp3) is 0.167. The van der Waals surface area contributed by atoms with Gasteiger partial charge in [-0.3, -0.25) is 0 Å². The van der Waals surface area contributed by atoms with Gasteiger partial charge in [-0.25, -0.2) is 13.1 Å². The van der Waals surface area contributed by atoms with Crippen molar-refractivity contribution in [2.24, 2.45) is 0 Å². The van der Waals surface area contributed by atoms with E-state index in [2.05, 4.69) is 4.72 Å². The molecule has 0 aliphatic heterocycles. The van der Waals surface area contributed by atoms with Gasteiger partial charge in [0.1, 0.15) is 9.96 Å². The molecule has 2 aromatic rings. The first-order chi connectivity index (χ1) is 9.29. The number of hydrogen-bond acceptors (Lipinski definition) is 5. The minimum Gasteiger partial charge on any atom is -0.508 e. The van der Waals surface area contributed by atoms with Crippen LogP contribution in [-0.4, -0.2) is 13.5 Å². The van der Waals surface area contributed by atoms with E-state index in [4.69, 9.17) is 17.3 Å². The summed E-state index contributed by atoms with van der Waals surface area (Å²) in [6.07, 6.45) is 0. The van der Waals surface area contributed by atoms with E-state index >= 15 is 0 Å². The van der Waals surface area contributed by atoms with Crippen LogP contribution in [0, 0.1) is 6.92 Å². The van der Waals surface area contributed by atoms with E-state index in [-0.39, 0.29) is 16.5 Å². The number of phenolic OH excluding ortho intramolecular Hbond substituents is 1. The van der Waals surface area contributed by atoms with Crippen LogP contribution >= 0.6 is 22.9 Å². The summed E-state index contributed by atoms with van der Waals surface area (Å²) >= 11 is 6.86. The highest BCUT2D eigenvalue weighted by Crippen LogP contribution is 2.30. The molecule has 0 aliphatic carbocycles. The van der Waals surface area contributed by atoms with Gasteiger partial charge in [0.05, 0.1) is 4.34 Å². The summed E-state index contributed by atoms with van der Waals surface area (Å²) in [6, 6.07) is 5.99. The molecule has 1 heterocycles. The van der Waals surface area contributed by atoms with Crippen LogP contribution in [0.1, 0.15) is 11.1 Å². The summed E-state index contributed by atoms with van der Waals surface area (Å²) in [7, 11) is -3.66. The largest absolute Gasteiger partial charge is 0.508 e. The quantitative estimate of drug-likeness (QED) is 0.592. The second-order valence-corrected chi connectivity index (χ2v) is 7.88. The van der Waals surface area contributed by atoms with Crippen molar-refractivity contribution in [3.63, 3.8) is 0 Å². The molecule has 8 heteroatoms. The van der Waals surface area contributed by atoms with Crippen LogP contribution in [-0.2, 0) is 16.6 Å². The van der Waals surface area contributed by atoms with E-state index in [0.717, 1.165) is 11.3 Å². The van der Waals surface area contributed by atoms with Gasteiger partial charge in [0.2, 0.25) is 10.0 Å². The highest BCUT2D eigenvalue weighted by atomic mass is 35.5. The number of sulfonamides is 1. The third-order valence-electron chi connectivity index (χ3n) is 2.66. The lowest BCUT2D eigenvalue weighted by atomic mass is 10.2. The van der Waals surface area contributed by atoms with Crippen LogP contribution in [0.2, 0.25) is 4.34 Å². The topological polar surface area (TPSA) is 92.4 Å². The fourth-order valence-electron chi connectivity index (χ4n) is 1.56. The van der Waals surface area contributed by atoms with Crippen molar-refractivity contribution in [2.75, 3.05) is 5.73 Å². The first-order valence-electron chi connectivity index (χ1n) is 5.62. The van der Waals surface area contributed by atoms with Gasteiger partial charge < -0.3 is 10.8 Å². The minimum atomic E-state index is -3.66. The number of aromatic hydroxyl groups is 1. The molecular formula is C12H13ClN2O3S2. The Morgan fingerprint density at radius 2 is 2.10 bits per heavy atom. The number of nitrogens with one attached hydrogen (secondary N) is 1.